The second-order valence-electron chi connectivity index (χ2n) is 14.3. The highest BCUT2D eigenvalue weighted by molar-refractivity contribution is 7.98. The third-order valence-corrected chi connectivity index (χ3v) is 10.7. The summed E-state index contributed by atoms with van der Waals surface area (Å²) in [6.07, 6.45) is 1.23. The van der Waals surface area contributed by atoms with Crippen molar-refractivity contribution in [3.63, 3.8) is 0 Å². The molecular weight excluding hydrogens is 775 g/mol. The van der Waals surface area contributed by atoms with Crippen LogP contribution in [0.2, 0.25) is 0 Å². The van der Waals surface area contributed by atoms with Gasteiger partial charge in [0, 0.05) is 31.0 Å². The Hall–Kier alpha value is -6.60. The number of aromatic hydroxyl groups is 1. The van der Waals surface area contributed by atoms with Gasteiger partial charge in [-0.05, 0) is 64.8 Å². The van der Waals surface area contributed by atoms with E-state index in [-0.39, 0.29) is 49.2 Å². The van der Waals surface area contributed by atoms with Gasteiger partial charge in [-0.2, -0.15) is 11.8 Å². The van der Waals surface area contributed by atoms with Crippen molar-refractivity contribution >= 4 is 41.4 Å². The number of nitrogens with two attached hydrogens (primary N) is 2. The van der Waals surface area contributed by atoms with Crippen molar-refractivity contribution in [2.75, 3.05) is 18.8 Å². The summed E-state index contributed by atoms with van der Waals surface area (Å²) in [7, 11) is 0. The summed E-state index contributed by atoms with van der Waals surface area (Å²) in [5, 5.41) is 21.4. The van der Waals surface area contributed by atoms with Crippen LogP contribution in [-0.4, -0.2) is 71.7 Å². The van der Waals surface area contributed by atoms with Crippen molar-refractivity contribution in [2.45, 2.75) is 56.0 Å². The number of aliphatic imine (C=N–C) groups is 1. The third kappa shape index (κ3) is 15.3. The molecule has 0 unspecified atom stereocenters. The number of carbonyl (C=O) groups excluding carboxylic acids is 4. The van der Waals surface area contributed by atoms with Crippen molar-refractivity contribution < 1.29 is 24.3 Å². The Kier molecular flexibility index (Phi) is 17.6. The van der Waals surface area contributed by atoms with Crippen LogP contribution in [0.3, 0.4) is 0 Å². The molecule has 0 radical (unpaired) electrons. The summed E-state index contributed by atoms with van der Waals surface area (Å²) < 4.78 is 0. The van der Waals surface area contributed by atoms with Crippen LogP contribution in [0, 0.1) is 0 Å². The molecule has 0 aromatic heterocycles. The molecule has 0 saturated heterocycles. The fraction of sp³-hybridized carbons (Fsp3) is 0.255. The van der Waals surface area contributed by atoms with Crippen LogP contribution in [-0.2, 0) is 44.2 Å². The molecule has 13 heteroatoms. The normalized spacial score (nSPS) is 12.3. The van der Waals surface area contributed by atoms with E-state index in [1.165, 1.54) is 23.9 Å². The average molecular weight is 828 g/mol. The monoisotopic (exact) mass is 827 g/mol. The lowest BCUT2D eigenvalue weighted by molar-refractivity contribution is -0.133. The first-order valence-corrected chi connectivity index (χ1v) is 21.1. The van der Waals surface area contributed by atoms with Crippen molar-refractivity contribution in [3.05, 3.63) is 162 Å². The number of amides is 4. The smallest absolute Gasteiger partial charge is 0.244 e. The first kappa shape index (κ1) is 44.5. The predicted octanol–water partition coefficient (Wildman–Crippen LogP) is 4.64. The number of hydrogen-bond donors (Lipinski definition) is 7. The van der Waals surface area contributed by atoms with E-state index in [0.29, 0.717) is 30.7 Å². The van der Waals surface area contributed by atoms with Crippen molar-refractivity contribution in [1.29, 1.82) is 0 Å². The number of phenolic OH excluding ortho intramolecular Hbond substituents is 1. The van der Waals surface area contributed by atoms with Crippen LogP contribution in [0.25, 0.3) is 11.1 Å². The van der Waals surface area contributed by atoms with Crippen molar-refractivity contribution in [2.24, 2.45) is 16.5 Å². The van der Waals surface area contributed by atoms with E-state index >= 15 is 0 Å². The molecule has 0 heterocycles. The maximum absolute atomic E-state index is 14.2. The second-order valence-corrected chi connectivity index (χ2v) is 15.4. The van der Waals surface area contributed by atoms with Crippen LogP contribution in [0.4, 0.5) is 0 Å². The lowest BCUT2D eigenvalue weighted by Gasteiger charge is -2.25. The molecule has 5 aromatic carbocycles. The van der Waals surface area contributed by atoms with E-state index in [0.717, 1.165) is 27.8 Å². The fourth-order valence-electron chi connectivity index (χ4n) is 6.42. The predicted molar refractivity (Wildman–Crippen MR) is 239 cm³/mol. The Labute approximate surface area is 355 Å². The number of hydrogen-bond acceptors (Lipinski definition) is 7. The molecule has 3 atom stereocenters. The van der Waals surface area contributed by atoms with Gasteiger partial charge >= 0.3 is 0 Å². The number of benzene rings is 5. The van der Waals surface area contributed by atoms with Gasteiger partial charge in [-0.25, -0.2) is 0 Å². The molecular formula is C47H53N7O5S. The Morgan fingerprint density at radius 2 is 1.17 bits per heavy atom. The molecule has 9 N–H and O–H groups in total. The fourth-order valence-corrected chi connectivity index (χ4v) is 7.44. The minimum absolute atomic E-state index is 0.0446. The number of nitrogens with one attached hydrogen (secondary N) is 4. The second kappa shape index (κ2) is 23.7. The highest BCUT2D eigenvalue weighted by atomic mass is 32.2. The van der Waals surface area contributed by atoms with Crippen LogP contribution < -0.4 is 32.7 Å². The zero-order valence-corrected chi connectivity index (χ0v) is 34.3. The molecule has 5 rings (SSSR count). The Morgan fingerprint density at radius 1 is 0.600 bits per heavy atom. The molecule has 0 fully saturated rings. The molecule has 12 nitrogen and oxygen atoms in total. The number of carbonyl (C=O) groups is 4. The molecule has 4 amide bonds. The number of rotatable bonds is 22. The molecule has 312 valence electrons. The van der Waals surface area contributed by atoms with Gasteiger partial charge in [-0.1, -0.05) is 127 Å². The zero-order valence-electron chi connectivity index (χ0n) is 33.5. The van der Waals surface area contributed by atoms with Gasteiger partial charge in [0.05, 0.1) is 6.42 Å². The Morgan fingerprint density at radius 3 is 1.82 bits per heavy atom. The van der Waals surface area contributed by atoms with Gasteiger partial charge in [-0.15, -0.1) is 0 Å². The summed E-state index contributed by atoms with van der Waals surface area (Å²) in [5.74, 6) is -1.09. The average Bonchev–Trinajstić information content (AvgIpc) is 3.26. The zero-order chi connectivity index (χ0) is 42.5. The van der Waals surface area contributed by atoms with Gasteiger partial charge in [0.1, 0.15) is 23.9 Å². The largest absolute Gasteiger partial charge is 0.508 e. The van der Waals surface area contributed by atoms with Crippen LogP contribution in [0.15, 0.2) is 145 Å². The third-order valence-electron chi connectivity index (χ3n) is 9.62. The SMILES string of the molecule is NC(N)=NCCC[C@@H](NC(=O)[C@H](CSCc1ccccc1)NC(=O)Cc1ccc(-c2ccccc2)cc1)C(=O)N[C@@H](Cc1ccc(O)cc1)C(=O)NCCc1ccccc1. The van der Waals surface area contributed by atoms with Crippen LogP contribution in [0.5, 0.6) is 5.75 Å². The van der Waals surface area contributed by atoms with Gasteiger partial charge in [0.15, 0.2) is 5.96 Å². The summed E-state index contributed by atoms with van der Waals surface area (Å²) in [5.41, 5.74) is 16.8. The minimum atomic E-state index is -1.10. The Balaban J connectivity index is 1.31. The van der Waals surface area contributed by atoms with Gasteiger partial charge in [0.2, 0.25) is 23.6 Å². The standard InChI is InChI=1S/C47H53N7O5S/c48-47(49)51-27-10-17-40(45(58)54-41(29-34-20-24-39(55)25-21-34)44(57)50-28-26-33-11-4-1-5-12-33)53-46(59)42(32-60-31-36-13-6-2-7-14-36)52-43(56)30-35-18-22-38(23-19-35)37-15-8-3-9-16-37/h1-9,11-16,18-25,40-42,55H,10,17,26-32H2,(H,50,57)(H,52,56)(H,53,59)(H,54,58)(H4,48,49,51)/t40-,41+,42+/m1/s1. The van der Waals surface area contributed by atoms with E-state index in [9.17, 15) is 24.3 Å². The van der Waals surface area contributed by atoms with Gasteiger partial charge in [-0.3, -0.25) is 24.2 Å². The summed E-state index contributed by atoms with van der Waals surface area (Å²) >= 11 is 1.48. The van der Waals surface area contributed by atoms with E-state index in [1.54, 1.807) is 12.1 Å². The topological polar surface area (TPSA) is 201 Å². The molecule has 0 saturated carbocycles. The molecule has 60 heavy (non-hydrogen) atoms. The summed E-state index contributed by atoms with van der Waals surface area (Å²) in [6, 6.07) is 40.4. The molecule has 0 aliphatic heterocycles. The number of thioether (sulfide) groups is 1. The molecule has 0 bridgehead atoms. The molecule has 0 spiro atoms. The maximum atomic E-state index is 14.2. The number of phenols is 1. The minimum Gasteiger partial charge on any atom is -0.508 e. The summed E-state index contributed by atoms with van der Waals surface area (Å²) in [4.78, 5) is 59.5. The van der Waals surface area contributed by atoms with Crippen LogP contribution in [0.1, 0.15) is 35.1 Å². The maximum Gasteiger partial charge on any atom is 0.244 e. The number of guanidine groups is 1. The first-order valence-electron chi connectivity index (χ1n) is 19.9. The van der Waals surface area contributed by atoms with Crippen LogP contribution >= 0.6 is 11.8 Å². The Bertz CT molecular complexity index is 2130. The lowest BCUT2D eigenvalue weighted by Crippen LogP contribution is -2.57. The highest BCUT2D eigenvalue weighted by Gasteiger charge is 2.30. The highest BCUT2D eigenvalue weighted by Crippen LogP contribution is 2.20. The van der Waals surface area contributed by atoms with E-state index < -0.39 is 35.8 Å². The van der Waals surface area contributed by atoms with Gasteiger partial charge < -0.3 is 37.8 Å². The molecule has 0 aliphatic rings. The molecule has 5 aromatic rings. The van der Waals surface area contributed by atoms with Crippen molar-refractivity contribution in [1.82, 2.24) is 21.3 Å². The van der Waals surface area contributed by atoms with Gasteiger partial charge in [0.25, 0.3) is 0 Å². The first-order chi connectivity index (χ1) is 29.1. The lowest BCUT2D eigenvalue weighted by atomic mass is 10.0. The quantitative estimate of drug-likeness (QED) is 0.0297. The van der Waals surface area contributed by atoms with E-state index in [1.807, 2.05) is 115 Å². The number of nitrogens with zero attached hydrogens (tertiary/aromatic N) is 1. The van der Waals surface area contributed by atoms with E-state index in [4.69, 9.17) is 11.5 Å². The van der Waals surface area contributed by atoms with Crippen molar-refractivity contribution in [3.8, 4) is 16.9 Å². The molecule has 0 aliphatic carbocycles. The summed E-state index contributed by atoms with van der Waals surface area (Å²) in [6.45, 7) is 0.539. The van der Waals surface area contributed by atoms with E-state index in [2.05, 4.69) is 26.3 Å².